The van der Waals surface area contributed by atoms with E-state index in [0.29, 0.717) is 0 Å². The van der Waals surface area contributed by atoms with Gasteiger partial charge in [0.05, 0.1) is 11.4 Å². The van der Waals surface area contributed by atoms with E-state index < -0.39 is 0 Å². The van der Waals surface area contributed by atoms with Crippen molar-refractivity contribution in [2.24, 2.45) is 0 Å². The Kier molecular flexibility index (Phi) is 15.3. The molecule has 2 nitrogen and oxygen atoms in total. The fourth-order valence-electron chi connectivity index (χ4n) is 16.6. The fraction of sp³-hybridized carbons (Fsp3) is 0. The van der Waals surface area contributed by atoms with Gasteiger partial charge in [-0.3, -0.25) is 0 Å². The number of rotatable bonds is 13. The second kappa shape index (κ2) is 26.2. The Labute approximate surface area is 616 Å². The lowest BCUT2D eigenvalue weighted by atomic mass is 9.92. The predicted molar refractivity (Wildman–Crippen MR) is 454 cm³/mol. The highest BCUT2D eigenvalue weighted by atomic mass is 15.1. The van der Waals surface area contributed by atoms with Crippen LogP contribution in [0.2, 0.25) is 0 Å². The van der Waals surface area contributed by atoms with Crippen molar-refractivity contribution >= 4 is 120 Å². The minimum absolute atomic E-state index is 1.05. The molecule has 2 heteroatoms. The van der Waals surface area contributed by atoms with E-state index in [1.54, 1.807) is 0 Å². The van der Waals surface area contributed by atoms with Gasteiger partial charge in [0.2, 0.25) is 0 Å². The zero-order chi connectivity index (χ0) is 70.0. The van der Waals surface area contributed by atoms with Crippen molar-refractivity contribution in [3.05, 3.63) is 413 Å². The Balaban J connectivity index is 0.741. The molecule has 0 unspecified atom stereocenters. The molecule has 0 aliphatic heterocycles. The van der Waals surface area contributed by atoms with Gasteiger partial charge in [0.25, 0.3) is 0 Å². The van der Waals surface area contributed by atoms with Crippen LogP contribution >= 0.6 is 0 Å². The van der Waals surface area contributed by atoms with E-state index in [-0.39, 0.29) is 0 Å². The Morgan fingerprint density at radius 2 is 0.453 bits per heavy atom. The molecule has 0 heterocycles. The average molecular weight is 1350 g/mol. The van der Waals surface area contributed by atoms with Crippen molar-refractivity contribution in [1.82, 2.24) is 0 Å². The van der Waals surface area contributed by atoms with Crippen LogP contribution in [0.5, 0.6) is 0 Å². The summed E-state index contributed by atoms with van der Waals surface area (Å²) in [6, 6.07) is 153. The molecular weight excluding hydrogens is 1280 g/mol. The van der Waals surface area contributed by atoms with Gasteiger partial charge in [-0.2, -0.15) is 0 Å². The molecule has 106 heavy (non-hydrogen) atoms. The monoisotopic (exact) mass is 1340 g/mol. The third kappa shape index (κ3) is 11.1. The highest BCUT2D eigenvalue weighted by Crippen LogP contribution is 2.49. The van der Waals surface area contributed by atoms with Crippen molar-refractivity contribution < 1.29 is 0 Å². The fourth-order valence-corrected chi connectivity index (χ4v) is 16.6. The summed E-state index contributed by atoms with van der Waals surface area (Å²) in [4.78, 5) is 4.97. The van der Waals surface area contributed by atoms with Gasteiger partial charge in [-0.15, -0.1) is 0 Å². The number of nitrogens with zero attached hydrogens (tertiary/aromatic N) is 2. The van der Waals surface area contributed by atoms with E-state index in [9.17, 15) is 0 Å². The van der Waals surface area contributed by atoms with Crippen LogP contribution < -0.4 is 9.80 Å². The summed E-state index contributed by atoms with van der Waals surface area (Å²) >= 11 is 0. The zero-order valence-corrected chi connectivity index (χ0v) is 58.2. The molecule has 0 atom stereocenters. The first-order valence-corrected chi connectivity index (χ1v) is 36.6. The van der Waals surface area contributed by atoms with Gasteiger partial charge in [-0.25, -0.2) is 0 Å². The van der Waals surface area contributed by atoms with Gasteiger partial charge >= 0.3 is 0 Å². The lowest BCUT2D eigenvalue weighted by molar-refractivity contribution is 1.30. The molecule has 0 amide bonds. The summed E-state index contributed by atoms with van der Waals surface area (Å²) in [6.07, 6.45) is 0. The maximum atomic E-state index is 2.50. The van der Waals surface area contributed by atoms with Crippen molar-refractivity contribution in [3.8, 4) is 77.9 Å². The van der Waals surface area contributed by atoms with Crippen molar-refractivity contribution in [2.75, 3.05) is 9.80 Å². The molecule has 0 aliphatic carbocycles. The molecule has 0 N–H and O–H groups in total. The predicted octanol–water partition coefficient (Wildman–Crippen LogP) is 29.5. The molecule has 20 rings (SSSR count). The average Bonchev–Trinajstić information content (AvgIpc) is 0.759. The maximum absolute atomic E-state index is 2.50. The molecule has 0 radical (unpaired) electrons. The Hall–Kier alpha value is -13.9. The molecule has 0 fully saturated rings. The summed E-state index contributed by atoms with van der Waals surface area (Å²) < 4.78 is 0. The van der Waals surface area contributed by atoms with Crippen molar-refractivity contribution in [1.29, 1.82) is 0 Å². The molecule has 0 spiro atoms. The van der Waals surface area contributed by atoms with Gasteiger partial charge in [0, 0.05) is 33.5 Å². The van der Waals surface area contributed by atoms with Crippen LogP contribution in [0.25, 0.3) is 164 Å². The van der Waals surface area contributed by atoms with E-state index in [1.807, 2.05) is 0 Å². The van der Waals surface area contributed by atoms with Crippen LogP contribution in [0.1, 0.15) is 0 Å². The van der Waals surface area contributed by atoms with Crippen LogP contribution in [0.3, 0.4) is 0 Å². The van der Waals surface area contributed by atoms with Crippen LogP contribution in [-0.2, 0) is 0 Å². The third-order valence-electron chi connectivity index (χ3n) is 21.7. The molecule has 0 bridgehead atoms. The molecule has 494 valence electrons. The van der Waals surface area contributed by atoms with Gasteiger partial charge in [-0.05, 0) is 244 Å². The largest absolute Gasteiger partial charge is 0.310 e. The van der Waals surface area contributed by atoms with Crippen LogP contribution in [-0.4, -0.2) is 0 Å². The molecule has 0 aromatic heterocycles. The van der Waals surface area contributed by atoms with Crippen molar-refractivity contribution in [3.63, 3.8) is 0 Å². The summed E-state index contributed by atoms with van der Waals surface area (Å²) in [7, 11) is 0. The van der Waals surface area contributed by atoms with E-state index in [2.05, 4.69) is 422 Å². The minimum Gasteiger partial charge on any atom is -0.310 e. The first-order chi connectivity index (χ1) is 52.5. The molecule has 0 saturated heterocycles. The summed E-state index contributed by atoms with van der Waals surface area (Å²) in [5, 5.41) is 19.4. The topological polar surface area (TPSA) is 6.48 Å². The van der Waals surface area contributed by atoms with Crippen LogP contribution in [0, 0.1) is 0 Å². The number of hydrogen-bond acceptors (Lipinski definition) is 2. The Bertz CT molecular complexity index is 6850. The Morgan fingerprint density at radius 1 is 0.123 bits per heavy atom. The van der Waals surface area contributed by atoms with Gasteiger partial charge in [0.15, 0.2) is 0 Å². The number of fused-ring (bicyclic) bond motifs is 10. The van der Waals surface area contributed by atoms with Gasteiger partial charge in [-0.1, -0.05) is 322 Å². The maximum Gasteiger partial charge on any atom is 0.0540 e. The first-order valence-electron chi connectivity index (χ1n) is 36.6. The standard InChI is InChI=1S/C104H68N2/c1-2-25-72(26-3-1)92-57-58-104(99-44-17-16-41-95(92)99)106(87-36-20-33-80(64-87)102-68-82-30-9-11-38-91(82)94-40-13-15-43-98(94)102)88-65-83(61-84(66-88)78-56-52-70-24-5-7-28-75(70)60-78)71-49-53-73(54-50-71)89-45-21-47-100-96(89)46-22-48-103(100)105(85-34-18-31-76(62-85)77-55-51-69-23-4-6-27-74(69)59-77)86-35-19-32-79(63-86)101-67-81-29-8-10-37-90(81)93-39-12-14-42-97(93)101/h1-68H. The smallest absolute Gasteiger partial charge is 0.0540 e. The number of hydrogen-bond donors (Lipinski definition) is 0. The normalized spacial score (nSPS) is 11.6. The molecule has 0 saturated carbocycles. The number of benzene rings is 20. The minimum atomic E-state index is 1.05. The molecule has 0 aliphatic rings. The zero-order valence-electron chi connectivity index (χ0n) is 58.2. The van der Waals surface area contributed by atoms with Crippen LogP contribution in [0.4, 0.5) is 34.1 Å². The molecular formula is C104H68N2. The van der Waals surface area contributed by atoms with E-state index in [4.69, 9.17) is 0 Å². The lowest BCUT2D eigenvalue weighted by Crippen LogP contribution is -2.11. The second-order valence-corrected chi connectivity index (χ2v) is 27.9. The first kappa shape index (κ1) is 61.9. The molecule has 20 aromatic rings. The number of anilines is 6. The summed E-state index contributed by atoms with van der Waals surface area (Å²) in [6.45, 7) is 0. The van der Waals surface area contributed by atoms with E-state index in [0.717, 1.165) is 95.0 Å². The highest BCUT2D eigenvalue weighted by molar-refractivity contribution is 6.16. The van der Waals surface area contributed by atoms with Gasteiger partial charge < -0.3 is 9.80 Å². The summed E-state index contributed by atoms with van der Waals surface area (Å²) in [5.74, 6) is 0. The Morgan fingerprint density at radius 3 is 1.02 bits per heavy atom. The SMILES string of the molecule is c1ccc(-c2ccc(N(c3cc(-c4ccc(-c5cccc6c(N(c7cccc(-c8ccc9ccccc9c8)c7)c7cccc(-c8cc9ccccc9c9ccccc89)c7)cccc56)cc4)cc(-c4ccc5ccccc5c4)c3)c3cccc(-c4cc5ccccc5c5ccccc45)c3)c3ccccc23)cc1. The lowest BCUT2D eigenvalue weighted by Gasteiger charge is -2.29. The summed E-state index contributed by atoms with van der Waals surface area (Å²) in [5.41, 5.74) is 22.6. The van der Waals surface area contributed by atoms with Crippen molar-refractivity contribution in [2.45, 2.75) is 0 Å². The van der Waals surface area contributed by atoms with Crippen LogP contribution in [0.15, 0.2) is 413 Å². The highest BCUT2D eigenvalue weighted by Gasteiger charge is 2.24. The van der Waals surface area contributed by atoms with E-state index >= 15 is 0 Å². The van der Waals surface area contributed by atoms with E-state index in [1.165, 1.54) is 103 Å². The second-order valence-electron chi connectivity index (χ2n) is 27.9. The van der Waals surface area contributed by atoms with Gasteiger partial charge in [0.1, 0.15) is 0 Å². The third-order valence-corrected chi connectivity index (χ3v) is 21.7. The quantitative estimate of drug-likeness (QED) is 0.106. The molecule has 20 aromatic carbocycles.